The fraction of sp³-hybridized carbons (Fsp3) is 0.917. The lowest BCUT2D eigenvalue weighted by atomic mass is 9.70. The molecule has 1 aliphatic carbocycles. The fourth-order valence-electron chi connectivity index (χ4n) is 2.79. The van der Waals surface area contributed by atoms with Gasteiger partial charge in [0.1, 0.15) is 5.60 Å². The van der Waals surface area contributed by atoms with Crippen LogP contribution in [0.2, 0.25) is 0 Å². The average Bonchev–Trinajstić information content (AvgIpc) is 2.18. The van der Waals surface area contributed by atoms with Crippen molar-refractivity contribution in [2.75, 3.05) is 0 Å². The van der Waals surface area contributed by atoms with Crippen LogP contribution in [0.15, 0.2) is 0 Å². The van der Waals surface area contributed by atoms with E-state index in [9.17, 15) is 4.79 Å². The van der Waals surface area contributed by atoms with Crippen LogP contribution in [0, 0.1) is 11.8 Å². The largest absolute Gasteiger partial charge is 0.462 e. The third kappa shape index (κ3) is 2.49. The SMILES string of the molecule is CCC1CCC(C)(OC=O)CC1CC. The zero-order chi connectivity index (χ0) is 10.6. The van der Waals surface area contributed by atoms with Gasteiger partial charge in [0.2, 0.25) is 0 Å². The summed E-state index contributed by atoms with van der Waals surface area (Å²) in [6.45, 7) is 7.17. The highest BCUT2D eigenvalue weighted by molar-refractivity contribution is 5.38. The molecule has 82 valence electrons. The highest BCUT2D eigenvalue weighted by Gasteiger charge is 2.37. The van der Waals surface area contributed by atoms with Gasteiger partial charge in [0.15, 0.2) is 0 Å². The summed E-state index contributed by atoms with van der Waals surface area (Å²) in [7, 11) is 0. The van der Waals surface area contributed by atoms with Crippen molar-refractivity contribution in [1.82, 2.24) is 0 Å². The summed E-state index contributed by atoms with van der Waals surface area (Å²) in [6, 6.07) is 0. The quantitative estimate of drug-likeness (QED) is 0.649. The molecule has 2 nitrogen and oxygen atoms in total. The predicted molar refractivity (Wildman–Crippen MR) is 57.0 cm³/mol. The van der Waals surface area contributed by atoms with Crippen LogP contribution in [0.25, 0.3) is 0 Å². The van der Waals surface area contributed by atoms with E-state index in [1.165, 1.54) is 19.3 Å². The van der Waals surface area contributed by atoms with E-state index in [1.807, 2.05) is 0 Å². The molecular weight excluding hydrogens is 176 g/mol. The summed E-state index contributed by atoms with van der Waals surface area (Å²) < 4.78 is 5.21. The van der Waals surface area contributed by atoms with E-state index in [1.54, 1.807) is 0 Å². The summed E-state index contributed by atoms with van der Waals surface area (Å²) in [6.07, 6.45) is 5.74. The minimum atomic E-state index is -0.186. The van der Waals surface area contributed by atoms with Crippen molar-refractivity contribution in [2.24, 2.45) is 11.8 Å². The first-order valence-corrected chi connectivity index (χ1v) is 5.76. The first-order valence-electron chi connectivity index (χ1n) is 5.76. The lowest BCUT2D eigenvalue weighted by Gasteiger charge is -2.41. The van der Waals surface area contributed by atoms with Gasteiger partial charge in [0.05, 0.1) is 0 Å². The van der Waals surface area contributed by atoms with Crippen molar-refractivity contribution >= 4 is 6.47 Å². The van der Waals surface area contributed by atoms with Crippen molar-refractivity contribution in [2.45, 2.75) is 58.5 Å². The Kier molecular flexibility index (Phi) is 3.97. The van der Waals surface area contributed by atoms with Crippen molar-refractivity contribution in [3.63, 3.8) is 0 Å². The molecule has 3 atom stereocenters. The third-order valence-electron chi connectivity index (χ3n) is 3.79. The molecule has 0 N–H and O–H groups in total. The molecule has 1 fully saturated rings. The molecule has 1 saturated carbocycles. The fourth-order valence-corrected chi connectivity index (χ4v) is 2.79. The number of carbonyl (C=O) groups excluding carboxylic acids is 1. The van der Waals surface area contributed by atoms with Gasteiger partial charge in [-0.1, -0.05) is 26.7 Å². The van der Waals surface area contributed by atoms with Crippen LogP contribution in [-0.2, 0) is 9.53 Å². The smallest absolute Gasteiger partial charge is 0.293 e. The van der Waals surface area contributed by atoms with E-state index in [-0.39, 0.29) is 5.60 Å². The molecule has 0 aromatic heterocycles. The standard InChI is InChI=1S/C12H22O2/c1-4-10-6-7-12(3,14-9-13)8-11(10)5-2/h9-11H,4-8H2,1-3H3. The molecule has 0 heterocycles. The summed E-state index contributed by atoms with van der Waals surface area (Å²) in [5.74, 6) is 1.57. The molecule has 0 aromatic carbocycles. The van der Waals surface area contributed by atoms with Crippen LogP contribution in [-0.4, -0.2) is 12.1 Å². The molecule has 0 bridgehead atoms. The van der Waals surface area contributed by atoms with Gasteiger partial charge in [0, 0.05) is 0 Å². The van der Waals surface area contributed by atoms with Gasteiger partial charge in [-0.3, -0.25) is 4.79 Å². The molecule has 1 aliphatic rings. The molecule has 1 rings (SSSR count). The normalized spacial score (nSPS) is 37.9. The van der Waals surface area contributed by atoms with E-state index < -0.39 is 0 Å². The Morgan fingerprint density at radius 1 is 1.36 bits per heavy atom. The Hall–Kier alpha value is -0.530. The van der Waals surface area contributed by atoms with Gasteiger partial charge in [-0.2, -0.15) is 0 Å². The molecule has 0 spiro atoms. The first kappa shape index (κ1) is 11.5. The molecule has 0 radical (unpaired) electrons. The van der Waals surface area contributed by atoms with Gasteiger partial charge in [-0.05, 0) is 38.0 Å². The van der Waals surface area contributed by atoms with Crippen LogP contribution in [0.5, 0.6) is 0 Å². The van der Waals surface area contributed by atoms with Crippen LogP contribution in [0.3, 0.4) is 0 Å². The summed E-state index contributed by atoms with van der Waals surface area (Å²) in [5, 5.41) is 0. The molecule has 0 saturated heterocycles. The van der Waals surface area contributed by atoms with Crippen LogP contribution < -0.4 is 0 Å². The second kappa shape index (κ2) is 4.81. The van der Waals surface area contributed by atoms with E-state index in [4.69, 9.17) is 4.74 Å². The van der Waals surface area contributed by atoms with Crippen molar-refractivity contribution in [1.29, 1.82) is 0 Å². The van der Waals surface area contributed by atoms with Crippen molar-refractivity contribution in [3.8, 4) is 0 Å². The number of ether oxygens (including phenoxy) is 1. The molecular formula is C12H22O2. The molecule has 2 heteroatoms. The van der Waals surface area contributed by atoms with Crippen LogP contribution in [0.1, 0.15) is 52.9 Å². The van der Waals surface area contributed by atoms with Gasteiger partial charge < -0.3 is 4.74 Å². The topological polar surface area (TPSA) is 26.3 Å². The minimum absolute atomic E-state index is 0.186. The third-order valence-corrected chi connectivity index (χ3v) is 3.79. The maximum atomic E-state index is 10.4. The second-order valence-corrected chi connectivity index (χ2v) is 4.74. The Morgan fingerprint density at radius 3 is 2.50 bits per heavy atom. The Morgan fingerprint density at radius 2 is 2.00 bits per heavy atom. The van der Waals surface area contributed by atoms with E-state index in [0.29, 0.717) is 6.47 Å². The summed E-state index contributed by atoms with van der Waals surface area (Å²) in [5.41, 5.74) is -0.186. The number of hydrogen-bond donors (Lipinski definition) is 0. The Bertz CT molecular complexity index is 191. The minimum Gasteiger partial charge on any atom is -0.462 e. The zero-order valence-electron chi connectivity index (χ0n) is 9.58. The van der Waals surface area contributed by atoms with Crippen LogP contribution in [0.4, 0.5) is 0 Å². The van der Waals surface area contributed by atoms with Gasteiger partial charge in [-0.25, -0.2) is 0 Å². The number of hydrogen-bond acceptors (Lipinski definition) is 2. The first-order chi connectivity index (χ1) is 6.65. The maximum absolute atomic E-state index is 10.4. The lowest BCUT2D eigenvalue weighted by Crippen LogP contribution is -2.38. The monoisotopic (exact) mass is 198 g/mol. The lowest BCUT2D eigenvalue weighted by molar-refractivity contribution is -0.148. The van der Waals surface area contributed by atoms with E-state index in [0.717, 1.165) is 24.7 Å². The summed E-state index contributed by atoms with van der Waals surface area (Å²) >= 11 is 0. The van der Waals surface area contributed by atoms with Gasteiger partial charge >= 0.3 is 0 Å². The number of carbonyl (C=O) groups is 1. The van der Waals surface area contributed by atoms with E-state index in [2.05, 4.69) is 20.8 Å². The van der Waals surface area contributed by atoms with Gasteiger partial charge in [0.25, 0.3) is 6.47 Å². The second-order valence-electron chi connectivity index (χ2n) is 4.74. The van der Waals surface area contributed by atoms with E-state index >= 15 is 0 Å². The van der Waals surface area contributed by atoms with Crippen LogP contribution >= 0.6 is 0 Å². The molecule has 0 aromatic rings. The zero-order valence-corrected chi connectivity index (χ0v) is 9.58. The Balaban J connectivity index is 2.59. The molecule has 0 amide bonds. The van der Waals surface area contributed by atoms with Gasteiger partial charge in [-0.15, -0.1) is 0 Å². The summed E-state index contributed by atoms with van der Waals surface area (Å²) in [4.78, 5) is 10.4. The molecule has 0 aliphatic heterocycles. The highest BCUT2D eigenvalue weighted by atomic mass is 16.5. The molecule has 3 unspecified atom stereocenters. The highest BCUT2D eigenvalue weighted by Crippen LogP contribution is 2.41. The Labute approximate surface area is 87.0 Å². The maximum Gasteiger partial charge on any atom is 0.293 e. The number of rotatable bonds is 4. The predicted octanol–water partition coefficient (Wildman–Crippen LogP) is 3.15. The molecule has 14 heavy (non-hydrogen) atoms. The van der Waals surface area contributed by atoms with Crippen molar-refractivity contribution < 1.29 is 9.53 Å². The van der Waals surface area contributed by atoms with Crippen molar-refractivity contribution in [3.05, 3.63) is 0 Å². The average molecular weight is 198 g/mol.